The van der Waals surface area contributed by atoms with Gasteiger partial charge in [-0.1, -0.05) is 25.3 Å². The van der Waals surface area contributed by atoms with Crippen LogP contribution in [0.3, 0.4) is 0 Å². The molecule has 0 aliphatic heterocycles. The number of benzene rings is 1. The van der Waals surface area contributed by atoms with E-state index in [2.05, 4.69) is 5.32 Å². The van der Waals surface area contributed by atoms with E-state index >= 15 is 0 Å². The van der Waals surface area contributed by atoms with Gasteiger partial charge in [0.15, 0.2) is 0 Å². The quantitative estimate of drug-likeness (QED) is 0.818. The van der Waals surface area contributed by atoms with E-state index in [1.807, 2.05) is 0 Å². The molecule has 1 saturated carbocycles. The summed E-state index contributed by atoms with van der Waals surface area (Å²) in [4.78, 5) is 0. The summed E-state index contributed by atoms with van der Waals surface area (Å²) < 4.78 is 27.0. The summed E-state index contributed by atoms with van der Waals surface area (Å²) in [6.07, 6.45) is 5.42. The standard InChI is InChI=1S/C14H18ClF2N/c15-10-14(7-2-1-3-8-14)18-9-11-12(16)5-4-6-13(11)17/h4-6,18H,1-3,7-10H2. The van der Waals surface area contributed by atoms with Crippen molar-refractivity contribution in [1.82, 2.24) is 5.32 Å². The maximum atomic E-state index is 13.5. The normalized spacial score (nSPS) is 18.8. The van der Waals surface area contributed by atoms with Gasteiger partial charge in [-0.25, -0.2) is 8.78 Å². The second-order valence-corrected chi connectivity index (χ2v) is 5.30. The van der Waals surface area contributed by atoms with Gasteiger partial charge < -0.3 is 5.32 Å². The molecule has 0 aromatic heterocycles. The highest BCUT2D eigenvalue weighted by atomic mass is 35.5. The molecule has 18 heavy (non-hydrogen) atoms. The predicted molar refractivity (Wildman–Crippen MR) is 69.7 cm³/mol. The van der Waals surface area contributed by atoms with Gasteiger partial charge in [0.25, 0.3) is 0 Å². The van der Waals surface area contributed by atoms with Crippen LogP contribution in [-0.2, 0) is 6.54 Å². The van der Waals surface area contributed by atoms with E-state index in [1.165, 1.54) is 24.6 Å². The first-order chi connectivity index (χ1) is 8.67. The summed E-state index contributed by atoms with van der Waals surface area (Å²) in [6.45, 7) is 0.200. The summed E-state index contributed by atoms with van der Waals surface area (Å²) in [7, 11) is 0. The molecule has 1 N–H and O–H groups in total. The number of rotatable bonds is 4. The third-order valence-corrected chi connectivity index (χ3v) is 4.28. The molecule has 0 heterocycles. The molecule has 1 aliphatic carbocycles. The van der Waals surface area contributed by atoms with Gasteiger partial charge in [-0.3, -0.25) is 0 Å². The summed E-state index contributed by atoms with van der Waals surface area (Å²) in [5.74, 6) is -0.505. The van der Waals surface area contributed by atoms with Crippen molar-refractivity contribution >= 4 is 11.6 Å². The maximum absolute atomic E-state index is 13.5. The molecule has 1 aromatic rings. The second kappa shape index (κ2) is 5.98. The molecule has 4 heteroatoms. The van der Waals surface area contributed by atoms with Crippen LogP contribution in [0.5, 0.6) is 0 Å². The van der Waals surface area contributed by atoms with Crippen LogP contribution in [0.2, 0.25) is 0 Å². The minimum absolute atomic E-state index is 0.104. The van der Waals surface area contributed by atoms with Crippen LogP contribution in [0.1, 0.15) is 37.7 Å². The number of hydrogen-bond acceptors (Lipinski definition) is 1. The fourth-order valence-corrected chi connectivity index (χ4v) is 2.93. The average Bonchev–Trinajstić information content (AvgIpc) is 2.39. The minimum Gasteiger partial charge on any atom is -0.306 e. The molecular formula is C14H18ClF2N. The first-order valence-electron chi connectivity index (χ1n) is 6.41. The zero-order chi connectivity index (χ0) is 13.0. The van der Waals surface area contributed by atoms with Gasteiger partial charge in [0, 0.05) is 23.5 Å². The van der Waals surface area contributed by atoms with Crippen molar-refractivity contribution in [2.45, 2.75) is 44.2 Å². The Balaban J connectivity index is 2.05. The van der Waals surface area contributed by atoms with Crippen molar-refractivity contribution < 1.29 is 8.78 Å². The van der Waals surface area contributed by atoms with Crippen molar-refractivity contribution in [1.29, 1.82) is 0 Å². The number of hydrogen-bond donors (Lipinski definition) is 1. The molecular weight excluding hydrogens is 256 g/mol. The van der Waals surface area contributed by atoms with E-state index in [0.29, 0.717) is 5.88 Å². The molecule has 0 spiro atoms. The first-order valence-corrected chi connectivity index (χ1v) is 6.94. The van der Waals surface area contributed by atoms with Crippen LogP contribution in [0, 0.1) is 11.6 Å². The van der Waals surface area contributed by atoms with Gasteiger partial charge >= 0.3 is 0 Å². The van der Waals surface area contributed by atoms with E-state index in [1.54, 1.807) is 0 Å². The maximum Gasteiger partial charge on any atom is 0.130 e. The zero-order valence-corrected chi connectivity index (χ0v) is 11.1. The average molecular weight is 274 g/mol. The van der Waals surface area contributed by atoms with Crippen LogP contribution >= 0.6 is 11.6 Å². The Bertz CT molecular complexity index is 383. The lowest BCUT2D eigenvalue weighted by atomic mass is 9.83. The zero-order valence-electron chi connectivity index (χ0n) is 10.3. The lowest BCUT2D eigenvalue weighted by Gasteiger charge is -2.36. The Kier molecular flexibility index (Phi) is 4.57. The van der Waals surface area contributed by atoms with Crippen LogP contribution < -0.4 is 5.32 Å². The Morgan fingerprint density at radius 1 is 1.11 bits per heavy atom. The molecule has 0 unspecified atom stereocenters. The van der Waals surface area contributed by atoms with E-state index < -0.39 is 11.6 Å². The van der Waals surface area contributed by atoms with Crippen LogP contribution in [0.15, 0.2) is 18.2 Å². The molecule has 100 valence electrons. The third-order valence-electron chi connectivity index (χ3n) is 3.77. The first kappa shape index (κ1) is 13.8. The largest absolute Gasteiger partial charge is 0.306 e. The molecule has 1 aliphatic rings. The van der Waals surface area contributed by atoms with Crippen molar-refractivity contribution in [2.75, 3.05) is 5.88 Å². The molecule has 0 atom stereocenters. The molecule has 1 aromatic carbocycles. The second-order valence-electron chi connectivity index (χ2n) is 5.03. The van der Waals surface area contributed by atoms with Gasteiger partial charge in [-0.2, -0.15) is 0 Å². The Hall–Kier alpha value is -0.670. The van der Waals surface area contributed by atoms with E-state index in [9.17, 15) is 8.78 Å². The monoisotopic (exact) mass is 273 g/mol. The molecule has 0 amide bonds. The van der Waals surface area contributed by atoms with E-state index in [0.717, 1.165) is 25.7 Å². The third kappa shape index (κ3) is 3.01. The minimum atomic E-state index is -0.497. The van der Waals surface area contributed by atoms with Crippen molar-refractivity contribution in [3.8, 4) is 0 Å². The number of halogens is 3. The fraction of sp³-hybridized carbons (Fsp3) is 0.571. The van der Waals surface area contributed by atoms with Gasteiger partial charge in [-0.15, -0.1) is 11.6 Å². The number of nitrogens with one attached hydrogen (secondary N) is 1. The van der Waals surface area contributed by atoms with Gasteiger partial charge in [0.1, 0.15) is 11.6 Å². The van der Waals surface area contributed by atoms with Gasteiger partial charge in [-0.05, 0) is 25.0 Å². The summed E-state index contributed by atoms with van der Waals surface area (Å²) >= 11 is 6.03. The Morgan fingerprint density at radius 3 is 2.28 bits per heavy atom. The summed E-state index contributed by atoms with van der Waals surface area (Å²) in [6, 6.07) is 3.95. The highest BCUT2D eigenvalue weighted by molar-refractivity contribution is 6.18. The van der Waals surface area contributed by atoms with Crippen molar-refractivity contribution in [3.05, 3.63) is 35.4 Å². The molecule has 0 saturated heterocycles. The lowest BCUT2D eigenvalue weighted by Crippen LogP contribution is -2.48. The summed E-state index contributed by atoms with van der Waals surface area (Å²) in [5.41, 5.74) is -0.0540. The SMILES string of the molecule is Fc1cccc(F)c1CNC1(CCl)CCCCC1. The van der Waals surface area contributed by atoms with Crippen LogP contribution in [0.25, 0.3) is 0 Å². The molecule has 2 rings (SSSR count). The molecule has 0 radical (unpaired) electrons. The summed E-state index contributed by atoms with van der Waals surface area (Å²) in [5, 5.41) is 3.27. The van der Waals surface area contributed by atoms with E-state index in [-0.39, 0.29) is 17.6 Å². The van der Waals surface area contributed by atoms with E-state index in [4.69, 9.17) is 11.6 Å². The van der Waals surface area contributed by atoms with Gasteiger partial charge in [0.2, 0.25) is 0 Å². The van der Waals surface area contributed by atoms with Crippen LogP contribution in [0.4, 0.5) is 8.78 Å². The highest BCUT2D eigenvalue weighted by Gasteiger charge is 2.30. The Morgan fingerprint density at radius 2 is 1.72 bits per heavy atom. The Labute approximate surface area is 112 Å². The molecule has 1 fully saturated rings. The fourth-order valence-electron chi connectivity index (χ4n) is 2.56. The van der Waals surface area contributed by atoms with Crippen LogP contribution in [-0.4, -0.2) is 11.4 Å². The smallest absolute Gasteiger partial charge is 0.130 e. The molecule has 0 bridgehead atoms. The highest BCUT2D eigenvalue weighted by Crippen LogP contribution is 2.30. The topological polar surface area (TPSA) is 12.0 Å². The lowest BCUT2D eigenvalue weighted by molar-refractivity contribution is 0.254. The predicted octanol–water partition coefficient (Wildman–Crippen LogP) is 4.00. The molecule has 1 nitrogen and oxygen atoms in total. The van der Waals surface area contributed by atoms with Gasteiger partial charge in [0.05, 0.1) is 0 Å². The number of alkyl halides is 1. The van der Waals surface area contributed by atoms with Crippen molar-refractivity contribution in [3.63, 3.8) is 0 Å². The van der Waals surface area contributed by atoms with Crippen molar-refractivity contribution in [2.24, 2.45) is 0 Å².